The molecule has 0 unspecified atom stereocenters. The molecule has 1 rings (SSSR count). The van der Waals surface area contributed by atoms with Gasteiger partial charge >= 0.3 is 6.18 Å². The Labute approximate surface area is 97.6 Å². The highest BCUT2D eigenvalue weighted by Gasteiger charge is 2.35. The zero-order valence-electron chi connectivity index (χ0n) is 7.55. The fraction of sp³-hybridized carbons (Fsp3) is 0.143. The minimum Gasteiger partial charge on any atom is -0.397 e. The molecule has 0 aromatic heterocycles. The minimum absolute atomic E-state index is 0.175. The van der Waals surface area contributed by atoms with Crippen LogP contribution in [0.25, 0.3) is 0 Å². The van der Waals surface area contributed by atoms with Gasteiger partial charge in [-0.2, -0.15) is 13.2 Å². The molecule has 0 atom stereocenters. The van der Waals surface area contributed by atoms with Gasteiger partial charge in [0, 0.05) is 4.47 Å². The smallest absolute Gasteiger partial charge is 0.397 e. The van der Waals surface area contributed by atoms with Crippen molar-refractivity contribution in [2.45, 2.75) is 11.1 Å². The van der Waals surface area contributed by atoms with Gasteiger partial charge in [-0.25, -0.2) is 13.6 Å². The standard InChI is InChI=1S/C7H6BrF3N2O2S/c8-5-2-3(16(13,14)15)1-4(6(5)12)7(9,10)11/h1-2H,12H2,(H2,13,14,15). The zero-order valence-corrected chi connectivity index (χ0v) is 9.95. The van der Waals surface area contributed by atoms with Crippen molar-refractivity contribution in [3.8, 4) is 0 Å². The van der Waals surface area contributed by atoms with Crippen LogP contribution in [0.1, 0.15) is 5.56 Å². The number of nitrogens with two attached hydrogens (primary N) is 2. The van der Waals surface area contributed by atoms with Crippen LogP contribution in [-0.2, 0) is 16.2 Å². The molecule has 4 N–H and O–H groups in total. The molecule has 0 aliphatic heterocycles. The summed E-state index contributed by atoms with van der Waals surface area (Å²) in [6, 6.07) is 1.31. The summed E-state index contributed by atoms with van der Waals surface area (Å²) < 4.78 is 59.1. The summed E-state index contributed by atoms with van der Waals surface area (Å²) in [5, 5.41) is 4.73. The number of hydrogen-bond acceptors (Lipinski definition) is 3. The molecule has 1 aromatic rings. The molecule has 0 aliphatic carbocycles. The summed E-state index contributed by atoms with van der Waals surface area (Å²) in [6.07, 6.45) is -4.74. The van der Waals surface area contributed by atoms with Crippen LogP contribution in [0, 0.1) is 0 Å². The van der Waals surface area contributed by atoms with Gasteiger partial charge in [-0.1, -0.05) is 0 Å². The summed E-state index contributed by atoms with van der Waals surface area (Å²) in [6.45, 7) is 0. The largest absolute Gasteiger partial charge is 0.418 e. The first-order chi connectivity index (χ1) is 7.03. The van der Waals surface area contributed by atoms with Gasteiger partial charge in [0.2, 0.25) is 10.0 Å². The molecular weight excluding hydrogens is 313 g/mol. The fourth-order valence-electron chi connectivity index (χ4n) is 0.992. The number of sulfonamides is 1. The highest BCUT2D eigenvalue weighted by atomic mass is 79.9. The minimum atomic E-state index is -4.74. The summed E-state index contributed by atoms with van der Waals surface area (Å²) in [7, 11) is -4.21. The first-order valence-corrected chi connectivity index (χ1v) is 6.06. The molecule has 0 fully saturated rings. The maximum atomic E-state index is 12.5. The predicted molar refractivity (Wildman–Crippen MR) is 54.9 cm³/mol. The molecule has 0 spiro atoms. The summed E-state index contributed by atoms with van der Waals surface area (Å²) in [4.78, 5) is -0.652. The molecule has 0 bridgehead atoms. The van der Waals surface area contributed by atoms with Gasteiger partial charge in [0.1, 0.15) is 0 Å². The Hall–Kier alpha value is -0.800. The van der Waals surface area contributed by atoms with E-state index in [1.807, 2.05) is 0 Å². The molecule has 0 amide bonds. The Morgan fingerprint density at radius 2 is 1.75 bits per heavy atom. The van der Waals surface area contributed by atoms with Gasteiger partial charge in [-0.3, -0.25) is 0 Å². The first-order valence-electron chi connectivity index (χ1n) is 3.72. The molecule has 4 nitrogen and oxygen atoms in total. The van der Waals surface area contributed by atoms with E-state index in [1.54, 1.807) is 0 Å². The normalized spacial score (nSPS) is 12.8. The lowest BCUT2D eigenvalue weighted by Gasteiger charge is -2.12. The fourth-order valence-corrected chi connectivity index (χ4v) is 2.17. The third kappa shape index (κ3) is 2.66. The van der Waals surface area contributed by atoms with Crippen LogP contribution in [0.4, 0.5) is 18.9 Å². The van der Waals surface area contributed by atoms with E-state index in [9.17, 15) is 21.6 Å². The van der Waals surface area contributed by atoms with E-state index < -0.39 is 32.3 Å². The Morgan fingerprint density at radius 1 is 1.25 bits per heavy atom. The lowest BCUT2D eigenvalue weighted by molar-refractivity contribution is -0.137. The van der Waals surface area contributed by atoms with Gasteiger partial charge in [-0.15, -0.1) is 0 Å². The first kappa shape index (κ1) is 13.3. The average Bonchev–Trinajstić information content (AvgIpc) is 2.05. The van der Waals surface area contributed by atoms with Crippen molar-refractivity contribution in [1.29, 1.82) is 0 Å². The predicted octanol–water partition coefficient (Wildman–Crippen LogP) is 1.70. The van der Waals surface area contributed by atoms with Crippen molar-refractivity contribution < 1.29 is 21.6 Å². The number of hydrogen-bond donors (Lipinski definition) is 2. The van der Waals surface area contributed by atoms with Gasteiger partial charge in [0.25, 0.3) is 0 Å². The van der Waals surface area contributed by atoms with Crippen LogP contribution in [-0.4, -0.2) is 8.42 Å². The maximum absolute atomic E-state index is 12.5. The number of benzene rings is 1. The topological polar surface area (TPSA) is 86.2 Å². The number of anilines is 1. The zero-order chi connectivity index (χ0) is 12.7. The van der Waals surface area contributed by atoms with Crippen LogP contribution in [0.3, 0.4) is 0 Å². The van der Waals surface area contributed by atoms with Crippen molar-refractivity contribution in [3.05, 3.63) is 22.2 Å². The molecule has 9 heteroatoms. The Balaban J connectivity index is 3.59. The third-order valence-electron chi connectivity index (χ3n) is 1.74. The van der Waals surface area contributed by atoms with Crippen molar-refractivity contribution in [3.63, 3.8) is 0 Å². The molecule has 0 saturated heterocycles. The Kier molecular flexibility index (Phi) is 3.23. The van der Waals surface area contributed by atoms with Crippen LogP contribution < -0.4 is 10.9 Å². The highest BCUT2D eigenvalue weighted by molar-refractivity contribution is 9.10. The summed E-state index contributed by atoms with van der Waals surface area (Å²) in [5.41, 5.74) is 3.35. The van der Waals surface area contributed by atoms with Crippen molar-refractivity contribution in [2.75, 3.05) is 5.73 Å². The molecule has 0 saturated carbocycles. The van der Waals surface area contributed by atoms with Crippen LogP contribution in [0.15, 0.2) is 21.5 Å². The van der Waals surface area contributed by atoms with Crippen molar-refractivity contribution in [2.24, 2.45) is 5.14 Å². The van der Waals surface area contributed by atoms with Gasteiger partial charge in [0.15, 0.2) is 0 Å². The monoisotopic (exact) mass is 318 g/mol. The third-order valence-corrected chi connectivity index (χ3v) is 3.29. The van der Waals surface area contributed by atoms with Crippen LogP contribution in [0.5, 0.6) is 0 Å². The number of primary sulfonamides is 1. The second-order valence-corrected chi connectivity index (χ2v) is 5.32. The van der Waals surface area contributed by atoms with Crippen molar-refractivity contribution >= 4 is 31.6 Å². The van der Waals surface area contributed by atoms with Gasteiger partial charge < -0.3 is 5.73 Å². The molecule has 90 valence electrons. The molecule has 0 radical (unpaired) electrons. The molecule has 1 aromatic carbocycles. The molecule has 0 heterocycles. The molecule has 0 aliphatic rings. The van der Waals surface area contributed by atoms with E-state index in [1.165, 1.54) is 0 Å². The van der Waals surface area contributed by atoms with Gasteiger partial charge in [-0.05, 0) is 28.1 Å². The maximum Gasteiger partial charge on any atom is 0.418 e. The number of nitrogen functional groups attached to an aromatic ring is 1. The quantitative estimate of drug-likeness (QED) is 0.773. The molecular formula is C7H6BrF3N2O2S. The van der Waals surface area contributed by atoms with Crippen molar-refractivity contribution in [1.82, 2.24) is 0 Å². The van der Waals surface area contributed by atoms with Crippen LogP contribution in [0.2, 0.25) is 0 Å². The average molecular weight is 319 g/mol. The number of rotatable bonds is 1. The van der Waals surface area contributed by atoms with E-state index in [2.05, 4.69) is 15.9 Å². The summed E-state index contributed by atoms with van der Waals surface area (Å²) in [5.74, 6) is 0. The molecule has 16 heavy (non-hydrogen) atoms. The second-order valence-electron chi connectivity index (χ2n) is 2.91. The Bertz CT molecular complexity index is 527. The lowest BCUT2D eigenvalue weighted by atomic mass is 10.2. The van der Waals surface area contributed by atoms with E-state index in [0.717, 1.165) is 6.07 Å². The number of halogens is 4. The van der Waals surface area contributed by atoms with E-state index in [0.29, 0.717) is 6.07 Å². The summed E-state index contributed by atoms with van der Waals surface area (Å²) >= 11 is 2.74. The van der Waals surface area contributed by atoms with Crippen LogP contribution >= 0.6 is 15.9 Å². The van der Waals surface area contributed by atoms with E-state index in [-0.39, 0.29) is 4.47 Å². The highest BCUT2D eigenvalue weighted by Crippen LogP contribution is 2.38. The SMILES string of the molecule is Nc1c(Br)cc(S(N)(=O)=O)cc1C(F)(F)F. The van der Waals surface area contributed by atoms with Gasteiger partial charge in [0.05, 0.1) is 16.1 Å². The number of alkyl halides is 3. The second kappa shape index (κ2) is 3.90. The lowest BCUT2D eigenvalue weighted by Crippen LogP contribution is -2.16. The Morgan fingerprint density at radius 3 is 2.12 bits per heavy atom. The van der Waals surface area contributed by atoms with E-state index in [4.69, 9.17) is 10.9 Å². The van der Waals surface area contributed by atoms with E-state index >= 15 is 0 Å².